The minimum Gasteiger partial charge on any atom is -0.393 e. The molecule has 6 nitrogen and oxygen atoms in total. The van der Waals surface area contributed by atoms with Crippen LogP contribution in [0.3, 0.4) is 0 Å². The van der Waals surface area contributed by atoms with Crippen molar-refractivity contribution in [2.75, 3.05) is 18.0 Å². The number of aliphatic hydroxyl groups is 1. The molecule has 1 fully saturated rings. The Kier molecular flexibility index (Phi) is 8.08. The highest BCUT2D eigenvalue weighted by atomic mass is 16.3. The van der Waals surface area contributed by atoms with Crippen molar-refractivity contribution < 1.29 is 19.5 Å². The molecule has 6 heteroatoms. The minimum atomic E-state index is -0.217. The van der Waals surface area contributed by atoms with Crippen molar-refractivity contribution in [3.05, 3.63) is 124 Å². The van der Waals surface area contributed by atoms with Gasteiger partial charge in [0, 0.05) is 65.3 Å². The molecule has 1 aromatic heterocycles. The van der Waals surface area contributed by atoms with Gasteiger partial charge in [0.2, 0.25) is 0 Å². The summed E-state index contributed by atoms with van der Waals surface area (Å²) in [5.74, 6) is -0.0340. The lowest BCUT2D eigenvalue weighted by molar-refractivity contribution is 0.0984. The standard InChI is InChI=1S/C34H34N2O4/c1-22-19-31(23(2)35-22)33(39)21-25-5-9-28(10-6-25)34(40)27-7-3-24(4-8-27)20-32(38)26-11-13-29(14-12-26)36-17-15-30(37)16-18-36/h3-14,19,30,35,37H,15-18,20-21H2,1-2H3. The molecular weight excluding hydrogens is 500 g/mol. The summed E-state index contributed by atoms with van der Waals surface area (Å²) < 4.78 is 0. The van der Waals surface area contributed by atoms with Crippen LogP contribution >= 0.6 is 0 Å². The molecular formula is C34H34N2O4. The Morgan fingerprint density at radius 1 is 0.750 bits per heavy atom. The Labute approximate surface area is 234 Å². The molecule has 2 heterocycles. The van der Waals surface area contributed by atoms with Gasteiger partial charge >= 0.3 is 0 Å². The first kappa shape index (κ1) is 27.3. The average Bonchev–Trinajstić information content (AvgIpc) is 3.31. The number of nitrogens with zero attached hydrogens (tertiary/aromatic N) is 1. The highest BCUT2D eigenvalue weighted by Crippen LogP contribution is 2.22. The molecule has 0 aliphatic carbocycles. The number of hydrogen-bond acceptors (Lipinski definition) is 5. The number of aromatic nitrogens is 1. The van der Waals surface area contributed by atoms with Crippen molar-refractivity contribution >= 4 is 23.0 Å². The number of benzene rings is 3. The third kappa shape index (κ3) is 6.29. The lowest BCUT2D eigenvalue weighted by Gasteiger charge is -2.31. The normalized spacial score (nSPS) is 13.8. The summed E-state index contributed by atoms with van der Waals surface area (Å²) in [6.07, 6.45) is 1.84. The van der Waals surface area contributed by atoms with Gasteiger partial charge in [-0.15, -0.1) is 0 Å². The van der Waals surface area contributed by atoms with Crippen molar-refractivity contribution in [2.45, 2.75) is 45.6 Å². The molecule has 2 N–H and O–H groups in total. The Morgan fingerprint density at radius 3 is 1.75 bits per heavy atom. The first-order chi connectivity index (χ1) is 19.3. The molecule has 0 atom stereocenters. The van der Waals surface area contributed by atoms with Crippen LogP contribution in [0.1, 0.15) is 72.0 Å². The van der Waals surface area contributed by atoms with Crippen LogP contribution in [-0.4, -0.2) is 46.6 Å². The van der Waals surface area contributed by atoms with E-state index >= 15 is 0 Å². The van der Waals surface area contributed by atoms with Crippen molar-refractivity contribution in [1.82, 2.24) is 4.98 Å². The van der Waals surface area contributed by atoms with Crippen molar-refractivity contribution in [3.8, 4) is 0 Å². The van der Waals surface area contributed by atoms with E-state index in [1.54, 1.807) is 24.3 Å². The third-order valence-electron chi connectivity index (χ3n) is 7.63. The van der Waals surface area contributed by atoms with Crippen LogP contribution in [0.25, 0.3) is 0 Å². The smallest absolute Gasteiger partial charge is 0.193 e. The zero-order valence-electron chi connectivity index (χ0n) is 22.9. The van der Waals surface area contributed by atoms with E-state index in [1.807, 2.05) is 68.4 Å². The topological polar surface area (TPSA) is 90.5 Å². The average molecular weight is 535 g/mol. The van der Waals surface area contributed by atoms with Crippen LogP contribution in [0.4, 0.5) is 5.69 Å². The highest BCUT2D eigenvalue weighted by Gasteiger charge is 2.18. The highest BCUT2D eigenvalue weighted by molar-refractivity contribution is 6.09. The molecule has 0 spiro atoms. The fourth-order valence-electron chi connectivity index (χ4n) is 5.28. The second-order valence-corrected chi connectivity index (χ2v) is 10.7. The van der Waals surface area contributed by atoms with Crippen LogP contribution in [0.5, 0.6) is 0 Å². The number of rotatable bonds is 9. The largest absolute Gasteiger partial charge is 0.393 e. The van der Waals surface area contributed by atoms with E-state index in [0.29, 0.717) is 22.3 Å². The predicted octanol–water partition coefficient (Wildman–Crippen LogP) is 5.67. The van der Waals surface area contributed by atoms with Gasteiger partial charge in [-0.3, -0.25) is 14.4 Å². The Hall–Kier alpha value is -4.29. The van der Waals surface area contributed by atoms with Gasteiger partial charge in [0.15, 0.2) is 17.3 Å². The van der Waals surface area contributed by atoms with Gasteiger partial charge in [-0.2, -0.15) is 0 Å². The molecule has 1 aliphatic heterocycles. The number of aromatic amines is 1. The number of aryl methyl sites for hydroxylation is 2. The lowest BCUT2D eigenvalue weighted by atomic mass is 9.97. The number of anilines is 1. The fourth-order valence-corrected chi connectivity index (χ4v) is 5.28. The second-order valence-electron chi connectivity index (χ2n) is 10.7. The zero-order chi connectivity index (χ0) is 28.2. The first-order valence-electron chi connectivity index (χ1n) is 13.7. The van der Waals surface area contributed by atoms with Crippen LogP contribution in [-0.2, 0) is 12.8 Å². The van der Waals surface area contributed by atoms with Gasteiger partial charge in [0.05, 0.1) is 6.10 Å². The number of hydrogen-bond donors (Lipinski definition) is 2. The zero-order valence-corrected chi connectivity index (χ0v) is 22.9. The van der Waals surface area contributed by atoms with Crippen molar-refractivity contribution in [1.29, 1.82) is 0 Å². The lowest BCUT2D eigenvalue weighted by Crippen LogP contribution is -2.35. The van der Waals surface area contributed by atoms with Crippen LogP contribution in [0.15, 0.2) is 78.9 Å². The Balaban J connectivity index is 1.17. The third-order valence-corrected chi connectivity index (χ3v) is 7.63. The second kappa shape index (κ2) is 11.8. The van der Waals surface area contributed by atoms with Crippen molar-refractivity contribution in [3.63, 3.8) is 0 Å². The number of carbonyl (C=O) groups is 3. The van der Waals surface area contributed by atoms with Gasteiger partial charge in [0.25, 0.3) is 0 Å². The van der Waals surface area contributed by atoms with E-state index in [-0.39, 0.29) is 36.3 Å². The summed E-state index contributed by atoms with van der Waals surface area (Å²) >= 11 is 0. The Bertz CT molecular complexity index is 1510. The maximum Gasteiger partial charge on any atom is 0.193 e. The quantitative estimate of drug-likeness (QED) is 0.270. The number of piperidine rings is 1. The number of H-pyrrole nitrogens is 1. The number of ketones is 3. The van der Waals surface area contributed by atoms with Crippen LogP contribution in [0, 0.1) is 13.8 Å². The molecule has 0 saturated carbocycles. The summed E-state index contributed by atoms with van der Waals surface area (Å²) in [4.78, 5) is 43.9. The van der Waals surface area contributed by atoms with E-state index in [4.69, 9.17) is 0 Å². The van der Waals surface area contributed by atoms with E-state index in [9.17, 15) is 19.5 Å². The first-order valence-corrected chi connectivity index (χ1v) is 13.7. The van der Waals surface area contributed by atoms with Crippen LogP contribution in [0.2, 0.25) is 0 Å². The Morgan fingerprint density at radius 2 is 1.25 bits per heavy atom. The van der Waals surface area contributed by atoms with Gasteiger partial charge < -0.3 is 15.0 Å². The van der Waals surface area contributed by atoms with Gasteiger partial charge in [-0.1, -0.05) is 48.5 Å². The van der Waals surface area contributed by atoms with Crippen molar-refractivity contribution in [2.24, 2.45) is 0 Å². The molecule has 0 unspecified atom stereocenters. The van der Waals surface area contributed by atoms with Gasteiger partial charge in [-0.05, 0) is 68.1 Å². The number of carbonyl (C=O) groups excluding carboxylic acids is 3. The maximum absolute atomic E-state index is 13.0. The summed E-state index contributed by atoms with van der Waals surface area (Å²) in [5.41, 5.74) is 7.06. The van der Waals surface area contributed by atoms with E-state index in [1.165, 1.54) is 0 Å². The van der Waals surface area contributed by atoms with Gasteiger partial charge in [0.1, 0.15) is 0 Å². The summed E-state index contributed by atoms with van der Waals surface area (Å²) in [6, 6.07) is 23.9. The minimum absolute atomic E-state index is 0.0230. The molecule has 40 heavy (non-hydrogen) atoms. The number of aliphatic hydroxyl groups excluding tert-OH is 1. The fraction of sp³-hybridized carbons (Fsp3) is 0.265. The molecule has 1 saturated heterocycles. The SMILES string of the molecule is Cc1cc(C(=O)Cc2ccc(C(=O)c3ccc(CC(=O)c4ccc(N5CCC(O)CC5)cc4)cc3)cc2)c(C)[nH]1. The predicted molar refractivity (Wildman–Crippen MR) is 157 cm³/mol. The van der Waals surface area contributed by atoms with E-state index in [2.05, 4.69) is 9.88 Å². The monoisotopic (exact) mass is 534 g/mol. The summed E-state index contributed by atoms with van der Waals surface area (Å²) in [6.45, 7) is 5.45. The van der Waals surface area contributed by atoms with Gasteiger partial charge in [-0.25, -0.2) is 0 Å². The van der Waals surface area contributed by atoms with E-state index < -0.39 is 0 Å². The maximum atomic E-state index is 13.0. The molecule has 0 radical (unpaired) electrons. The number of nitrogens with one attached hydrogen (secondary N) is 1. The molecule has 0 bridgehead atoms. The molecule has 0 amide bonds. The summed E-state index contributed by atoms with van der Waals surface area (Å²) in [5, 5.41) is 9.71. The summed E-state index contributed by atoms with van der Waals surface area (Å²) in [7, 11) is 0. The molecule has 204 valence electrons. The molecule has 5 rings (SSSR count). The molecule has 4 aromatic rings. The molecule has 1 aliphatic rings. The molecule has 3 aromatic carbocycles. The van der Waals surface area contributed by atoms with Crippen LogP contribution < -0.4 is 4.90 Å². The number of Topliss-reactive ketones (excluding diaryl/α,β-unsaturated/α-hetero) is 2. The van der Waals surface area contributed by atoms with E-state index in [0.717, 1.165) is 54.1 Å².